The van der Waals surface area contributed by atoms with E-state index in [0.29, 0.717) is 25.3 Å². The number of amides is 1. The average Bonchev–Trinajstić information content (AvgIpc) is 3.63. The molecule has 12 heteroatoms. The molecule has 7 rings (SSSR count). The van der Waals surface area contributed by atoms with E-state index in [1.165, 1.54) is 18.2 Å². The number of nitrogens with one attached hydrogen (secondary N) is 2. The summed E-state index contributed by atoms with van der Waals surface area (Å²) in [6, 6.07) is 10.4. The lowest BCUT2D eigenvalue weighted by molar-refractivity contribution is -0.0186. The standard InChI is InChI=1S/C28H26ClFN8O2/c1-2-40-18-10-19(25-20-12-32-33-26(20)34-38(25)13-18)17-6-7-23(31-11-17)36-9-8-28(14-36)15-37(16-28)35-27(39)24-21(29)4-3-5-22(24)30/h3-7,10-13H,2,8-9,14-16H2,1H3,(H,33,34)(H,35,39). The van der Waals surface area contributed by atoms with Gasteiger partial charge in [-0.25, -0.2) is 18.9 Å². The monoisotopic (exact) mass is 560 g/mol. The van der Waals surface area contributed by atoms with Gasteiger partial charge in [-0.1, -0.05) is 17.7 Å². The molecule has 0 saturated carbocycles. The van der Waals surface area contributed by atoms with Crippen LogP contribution in [0.15, 0.2) is 55.0 Å². The number of aromatic nitrogens is 5. The summed E-state index contributed by atoms with van der Waals surface area (Å²) in [5.74, 6) is 0.473. The third-order valence-corrected chi connectivity index (χ3v) is 8.05. The number of pyridine rings is 2. The van der Waals surface area contributed by atoms with E-state index in [-0.39, 0.29) is 16.0 Å². The van der Waals surface area contributed by atoms with Crippen molar-refractivity contribution in [2.24, 2.45) is 5.41 Å². The Balaban J connectivity index is 1.06. The fourth-order valence-electron chi connectivity index (χ4n) is 5.88. The first-order valence-electron chi connectivity index (χ1n) is 13.1. The minimum absolute atomic E-state index is 0.0507. The Labute approximate surface area is 233 Å². The molecule has 0 aliphatic carbocycles. The highest BCUT2D eigenvalue weighted by Gasteiger charge is 2.48. The predicted octanol–water partition coefficient (Wildman–Crippen LogP) is 4.32. The zero-order valence-electron chi connectivity index (χ0n) is 21.7. The van der Waals surface area contributed by atoms with Crippen LogP contribution in [0.4, 0.5) is 10.2 Å². The first-order valence-corrected chi connectivity index (χ1v) is 13.5. The molecule has 0 bridgehead atoms. The van der Waals surface area contributed by atoms with Crippen LogP contribution in [0, 0.1) is 11.2 Å². The van der Waals surface area contributed by atoms with Crippen molar-refractivity contribution >= 4 is 39.9 Å². The van der Waals surface area contributed by atoms with E-state index in [1.54, 1.807) is 6.20 Å². The van der Waals surface area contributed by atoms with Gasteiger partial charge in [0.05, 0.1) is 40.5 Å². The van der Waals surface area contributed by atoms with E-state index >= 15 is 0 Å². The van der Waals surface area contributed by atoms with E-state index < -0.39 is 11.7 Å². The van der Waals surface area contributed by atoms with Gasteiger partial charge in [0.2, 0.25) is 0 Å². The fourth-order valence-corrected chi connectivity index (χ4v) is 6.13. The number of fused-ring (bicyclic) bond motifs is 3. The molecule has 40 heavy (non-hydrogen) atoms. The molecule has 2 aliphatic rings. The predicted molar refractivity (Wildman–Crippen MR) is 149 cm³/mol. The molecule has 1 aromatic carbocycles. The lowest BCUT2D eigenvalue weighted by atomic mass is 9.80. The maximum absolute atomic E-state index is 14.1. The maximum atomic E-state index is 14.1. The molecule has 2 saturated heterocycles. The Hall–Kier alpha value is -4.22. The van der Waals surface area contributed by atoms with Crippen molar-refractivity contribution in [3.8, 4) is 16.9 Å². The number of ether oxygens (including phenoxy) is 1. The van der Waals surface area contributed by atoms with Crippen LogP contribution in [0.5, 0.6) is 5.75 Å². The summed E-state index contributed by atoms with van der Waals surface area (Å²) in [5.41, 5.74) is 6.29. The van der Waals surface area contributed by atoms with Gasteiger partial charge < -0.3 is 9.64 Å². The van der Waals surface area contributed by atoms with Gasteiger partial charge in [-0.05, 0) is 43.7 Å². The molecule has 4 aromatic heterocycles. The van der Waals surface area contributed by atoms with Crippen LogP contribution in [0.3, 0.4) is 0 Å². The lowest BCUT2D eigenvalue weighted by Crippen LogP contribution is -2.63. The van der Waals surface area contributed by atoms with E-state index in [9.17, 15) is 9.18 Å². The number of anilines is 1. The van der Waals surface area contributed by atoms with Crippen molar-refractivity contribution in [1.29, 1.82) is 0 Å². The molecule has 204 valence electrons. The van der Waals surface area contributed by atoms with Crippen molar-refractivity contribution in [2.75, 3.05) is 37.7 Å². The van der Waals surface area contributed by atoms with E-state index in [4.69, 9.17) is 21.3 Å². The van der Waals surface area contributed by atoms with Gasteiger partial charge >= 0.3 is 0 Å². The van der Waals surface area contributed by atoms with Crippen molar-refractivity contribution < 1.29 is 13.9 Å². The van der Waals surface area contributed by atoms with Crippen molar-refractivity contribution in [1.82, 2.24) is 35.2 Å². The zero-order valence-corrected chi connectivity index (χ0v) is 22.5. The molecule has 2 aliphatic heterocycles. The van der Waals surface area contributed by atoms with Crippen molar-refractivity contribution in [3.05, 3.63) is 71.4 Å². The minimum atomic E-state index is -0.630. The Morgan fingerprint density at radius 3 is 2.88 bits per heavy atom. The Morgan fingerprint density at radius 2 is 2.10 bits per heavy atom. The normalized spacial score (nSPS) is 16.6. The fraction of sp³-hybridized carbons (Fsp3) is 0.286. The van der Waals surface area contributed by atoms with Gasteiger partial charge in [0, 0.05) is 48.9 Å². The number of hydrazine groups is 1. The summed E-state index contributed by atoms with van der Waals surface area (Å²) in [6.45, 7) is 5.57. The first-order chi connectivity index (χ1) is 19.4. The number of aromatic amines is 1. The van der Waals surface area contributed by atoms with Gasteiger partial charge in [-0.15, -0.1) is 5.10 Å². The quantitative estimate of drug-likeness (QED) is 0.319. The summed E-state index contributed by atoms with van der Waals surface area (Å²) >= 11 is 6.04. The van der Waals surface area contributed by atoms with Crippen LogP contribution in [0.2, 0.25) is 5.02 Å². The smallest absolute Gasteiger partial charge is 0.270 e. The summed E-state index contributed by atoms with van der Waals surface area (Å²) in [7, 11) is 0. The van der Waals surface area contributed by atoms with Crippen LogP contribution in [-0.4, -0.2) is 68.5 Å². The Morgan fingerprint density at radius 1 is 1.23 bits per heavy atom. The molecular weight excluding hydrogens is 535 g/mol. The number of nitrogens with zero attached hydrogens (tertiary/aromatic N) is 6. The van der Waals surface area contributed by atoms with E-state index in [0.717, 1.165) is 53.1 Å². The molecule has 10 nitrogen and oxygen atoms in total. The van der Waals surface area contributed by atoms with Crippen LogP contribution in [0.1, 0.15) is 23.7 Å². The third-order valence-electron chi connectivity index (χ3n) is 7.74. The van der Waals surface area contributed by atoms with Crippen LogP contribution in [-0.2, 0) is 0 Å². The highest BCUT2D eigenvalue weighted by Crippen LogP contribution is 2.40. The van der Waals surface area contributed by atoms with Crippen molar-refractivity contribution in [2.45, 2.75) is 13.3 Å². The number of hydrogen-bond donors (Lipinski definition) is 2. The second kappa shape index (κ2) is 9.46. The number of hydrogen-bond acceptors (Lipinski definition) is 7. The molecule has 0 radical (unpaired) electrons. The number of halogens is 2. The van der Waals surface area contributed by atoms with Gasteiger partial charge in [-0.2, -0.15) is 5.10 Å². The molecule has 2 fully saturated rings. The third kappa shape index (κ3) is 4.13. The molecule has 2 N–H and O–H groups in total. The van der Waals surface area contributed by atoms with Gasteiger partial charge in [-0.3, -0.25) is 15.3 Å². The number of H-pyrrole nitrogens is 1. The summed E-state index contributed by atoms with van der Waals surface area (Å²) in [5, 5.41) is 14.5. The topological polar surface area (TPSA) is 104 Å². The largest absolute Gasteiger partial charge is 0.492 e. The minimum Gasteiger partial charge on any atom is -0.492 e. The number of carbonyl (C=O) groups is 1. The Bertz CT molecular complexity index is 1720. The van der Waals surface area contributed by atoms with Gasteiger partial charge in [0.1, 0.15) is 17.4 Å². The maximum Gasteiger partial charge on any atom is 0.270 e. The molecule has 0 unspecified atom stereocenters. The van der Waals surface area contributed by atoms with E-state index in [1.807, 2.05) is 41.0 Å². The van der Waals surface area contributed by atoms with Crippen LogP contribution in [0.25, 0.3) is 27.7 Å². The second-order valence-electron chi connectivity index (χ2n) is 10.4. The van der Waals surface area contributed by atoms with Gasteiger partial charge in [0.25, 0.3) is 5.91 Å². The van der Waals surface area contributed by atoms with Crippen LogP contribution >= 0.6 is 11.6 Å². The average molecular weight is 561 g/mol. The molecule has 1 spiro atoms. The molecular formula is C28H26ClFN8O2. The number of rotatable bonds is 6. The number of benzene rings is 1. The highest BCUT2D eigenvalue weighted by molar-refractivity contribution is 6.33. The summed E-state index contributed by atoms with van der Waals surface area (Å²) in [6.07, 6.45) is 6.52. The molecule has 6 heterocycles. The zero-order chi connectivity index (χ0) is 27.4. The van der Waals surface area contributed by atoms with Crippen molar-refractivity contribution in [3.63, 3.8) is 0 Å². The Kier molecular flexibility index (Phi) is 5.86. The summed E-state index contributed by atoms with van der Waals surface area (Å²) < 4.78 is 21.7. The van der Waals surface area contributed by atoms with Gasteiger partial charge in [0.15, 0.2) is 5.65 Å². The SMILES string of the molecule is CCOc1cc(-c2ccc(N3CCC4(CN(NC(=O)c5c(F)cccc5Cl)C4)C3)nc2)c2c3cn[nH]c3nn2c1. The van der Waals surface area contributed by atoms with Crippen LogP contribution < -0.4 is 15.1 Å². The first kappa shape index (κ1) is 24.8. The molecule has 0 atom stereocenters. The molecule has 1 amide bonds. The second-order valence-corrected chi connectivity index (χ2v) is 10.8. The number of carbonyl (C=O) groups excluding carboxylic acids is 1. The summed E-state index contributed by atoms with van der Waals surface area (Å²) in [4.78, 5) is 19.7. The lowest BCUT2D eigenvalue weighted by Gasteiger charge is -2.47. The van der Waals surface area contributed by atoms with E-state index in [2.05, 4.69) is 31.7 Å². The molecule has 5 aromatic rings. The highest BCUT2D eigenvalue weighted by atomic mass is 35.5.